The molecule has 0 aliphatic carbocycles. The number of nitrogens with zero attached hydrogens (tertiary/aromatic N) is 2. The maximum atomic E-state index is 14.2. The number of aliphatic hydroxyl groups is 5. The van der Waals surface area contributed by atoms with Crippen LogP contribution >= 0.6 is 0 Å². The standard InChI is InChI=1S/C38H72N2O12/c1-15-27-38(10,46)31(42)24(6)40(13)19-20(2)17-36(8,45)33(52-35-29(41)26(39(11)12)16-21(3)48-35)22(4)30(23(5)34(44)50-27)51-28-18-37(9,47-14)32(43)25(7)49-28/h20-33,35,41-43,45-46H,15-19H2,1-14H3/t20-,21-,22+,23-,24-,25+,26-,27-,28-,29-,30+,31-,32-,33+,35+,36-,37+,38-/m1/s1. The first-order valence-electron chi connectivity index (χ1n) is 19.1. The van der Waals surface area contributed by atoms with Crippen LogP contribution in [-0.4, -0.2) is 166 Å². The van der Waals surface area contributed by atoms with Crippen LogP contribution in [0.1, 0.15) is 94.9 Å². The number of rotatable bonds is 7. The van der Waals surface area contributed by atoms with Crippen LogP contribution < -0.4 is 0 Å². The third-order valence-corrected chi connectivity index (χ3v) is 12.2. The van der Waals surface area contributed by atoms with Gasteiger partial charge in [-0.15, -0.1) is 0 Å². The summed E-state index contributed by atoms with van der Waals surface area (Å²) in [6.45, 7) is 18.0. The van der Waals surface area contributed by atoms with Gasteiger partial charge >= 0.3 is 5.97 Å². The van der Waals surface area contributed by atoms with Gasteiger partial charge in [0.1, 0.15) is 30.0 Å². The molecule has 3 fully saturated rings. The molecule has 18 atom stereocenters. The topological polar surface area (TPSA) is 180 Å². The zero-order valence-electron chi connectivity index (χ0n) is 34.2. The molecule has 0 aromatic carbocycles. The van der Waals surface area contributed by atoms with Gasteiger partial charge in [0.25, 0.3) is 0 Å². The lowest BCUT2D eigenvalue weighted by molar-refractivity contribution is -0.318. The second-order valence-electron chi connectivity index (χ2n) is 17.2. The van der Waals surface area contributed by atoms with Crippen molar-refractivity contribution in [3.63, 3.8) is 0 Å². The van der Waals surface area contributed by atoms with E-state index in [0.29, 0.717) is 13.0 Å². The lowest BCUT2D eigenvalue weighted by Crippen LogP contribution is -2.60. The summed E-state index contributed by atoms with van der Waals surface area (Å²) in [5.41, 5.74) is -4.37. The molecule has 0 aromatic heterocycles. The summed E-state index contributed by atoms with van der Waals surface area (Å²) in [6, 6.07) is -0.808. The Kier molecular flexibility index (Phi) is 15.6. The lowest BCUT2D eigenvalue weighted by atomic mass is 9.77. The maximum Gasteiger partial charge on any atom is 0.311 e. The number of ether oxygens (including phenoxy) is 6. The van der Waals surface area contributed by atoms with Crippen molar-refractivity contribution in [2.45, 2.75) is 185 Å². The quantitative estimate of drug-likeness (QED) is 0.238. The van der Waals surface area contributed by atoms with Crippen molar-refractivity contribution in [3.8, 4) is 0 Å². The van der Waals surface area contributed by atoms with Crippen LogP contribution in [0.5, 0.6) is 0 Å². The Morgan fingerprint density at radius 1 is 0.942 bits per heavy atom. The van der Waals surface area contributed by atoms with Gasteiger partial charge in [-0.2, -0.15) is 0 Å². The fourth-order valence-electron chi connectivity index (χ4n) is 8.74. The average molecular weight is 749 g/mol. The van der Waals surface area contributed by atoms with E-state index in [-0.39, 0.29) is 37.3 Å². The van der Waals surface area contributed by atoms with Crippen molar-refractivity contribution in [1.29, 1.82) is 0 Å². The van der Waals surface area contributed by atoms with Gasteiger partial charge in [0.05, 0.1) is 41.5 Å². The van der Waals surface area contributed by atoms with E-state index in [1.807, 2.05) is 51.7 Å². The maximum absolute atomic E-state index is 14.2. The van der Waals surface area contributed by atoms with E-state index < -0.39 is 96.0 Å². The molecular weight excluding hydrogens is 676 g/mol. The van der Waals surface area contributed by atoms with Crippen molar-refractivity contribution >= 4 is 5.97 Å². The summed E-state index contributed by atoms with van der Waals surface area (Å²) in [7, 11) is 7.12. The van der Waals surface area contributed by atoms with Crippen LogP contribution in [0.25, 0.3) is 0 Å². The summed E-state index contributed by atoms with van der Waals surface area (Å²) in [4.78, 5) is 18.0. The van der Waals surface area contributed by atoms with Crippen LogP contribution in [0, 0.1) is 17.8 Å². The highest BCUT2D eigenvalue weighted by Gasteiger charge is 2.52. The Labute approximate surface area is 312 Å². The van der Waals surface area contributed by atoms with E-state index in [2.05, 4.69) is 0 Å². The molecule has 3 aliphatic rings. The molecule has 14 nitrogen and oxygen atoms in total. The average Bonchev–Trinajstić information content (AvgIpc) is 3.05. The van der Waals surface area contributed by atoms with Gasteiger partial charge in [0.15, 0.2) is 12.6 Å². The Bertz CT molecular complexity index is 1140. The minimum absolute atomic E-state index is 0.133. The van der Waals surface area contributed by atoms with Gasteiger partial charge in [-0.25, -0.2) is 0 Å². The first-order chi connectivity index (χ1) is 23.9. The fourth-order valence-corrected chi connectivity index (χ4v) is 8.74. The molecule has 14 heteroatoms. The van der Waals surface area contributed by atoms with Gasteiger partial charge < -0.3 is 63.8 Å². The summed E-state index contributed by atoms with van der Waals surface area (Å²) in [6.07, 6.45) is -8.19. The zero-order chi connectivity index (χ0) is 39.7. The summed E-state index contributed by atoms with van der Waals surface area (Å²) in [5.74, 6) is -2.58. The van der Waals surface area contributed by atoms with Crippen molar-refractivity contribution in [2.75, 3.05) is 34.8 Å². The second-order valence-corrected chi connectivity index (χ2v) is 17.2. The number of aliphatic hydroxyl groups excluding tert-OH is 3. The molecule has 306 valence electrons. The van der Waals surface area contributed by atoms with E-state index in [1.54, 1.807) is 41.5 Å². The number of hydrogen-bond acceptors (Lipinski definition) is 14. The molecule has 5 N–H and O–H groups in total. The predicted octanol–water partition coefficient (Wildman–Crippen LogP) is 1.90. The molecule has 52 heavy (non-hydrogen) atoms. The number of carbonyl (C=O) groups is 1. The highest BCUT2D eigenvalue weighted by atomic mass is 16.7. The molecule has 0 saturated carbocycles. The van der Waals surface area contributed by atoms with Crippen molar-refractivity contribution < 1.29 is 58.7 Å². The first kappa shape index (κ1) is 45.4. The lowest BCUT2D eigenvalue weighted by Gasteiger charge is -2.48. The molecule has 0 spiro atoms. The van der Waals surface area contributed by atoms with Crippen LogP contribution in [0.3, 0.4) is 0 Å². The van der Waals surface area contributed by atoms with Gasteiger partial charge in [0, 0.05) is 38.1 Å². The minimum atomic E-state index is -1.80. The van der Waals surface area contributed by atoms with E-state index in [9.17, 15) is 30.3 Å². The van der Waals surface area contributed by atoms with E-state index in [4.69, 9.17) is 28.4 Å². The second kappa shape index (κ2) is 17.8. The molecule has 3 aliphatic heterocycles. The molecule has 0 bridgehead atoms. The first-order valence-corrected chi connectivity index (χ1v) is 19.1. The number of hydrogen-bond donors (Lipinski definition) is 5. The number of carbonyl (C=O) groups excluding carboxylic acids is 1. The van der Waals surface area contributed by atoms with Gasteiger partial charge in [-0.05, 0) is 94.8 Å². The number of cyclic esters (lactones) is 1. The predicted molar refractivity (Wildman–Crippen MR) is 194 cm³/mol. The van der Waals surface area contributed by atoms with Crippen LogP contribution in [0.15, 0.2) is 0 Å². The summed E-state index contributed by atoms with van der Waals surface area (Å²) in [5, 5.41) is 58.1. The Morgan fingerprint density at radius 3 is 2.12 bits per heavy atom. The summed E-state index contributed by atoms with van der Waals surface area (Å²) < 4.78 is 37.5. The molecule has 0 unspecified atom stereocenters. The van der Waals surface area contributed by atoms with Gasteiger partial charge in [0.2, 0.25) is 0 Å². The highest BCUT2D eigenvalue weighted by Crippen LogP contribution is 2.40. The SMILES string of the molecule is CC[C@H]1OC(=O)[C@H](C)[C@@H](O[C@@H]2C[C@](C)(OC)[C@H](O)[C@H](C)O2)[C@H](C)[C@H](O[C@@H]2O[C@H](C)C[C@@H](N(C)C)[C@H]2O)[C@](C)(O)C[C@@H](C)CN(C)[C@H](C)[C@@H](O)[C@]1(C)O. The summed E-state index contributed by atoms with van der Waals surface area (Å²) >= 11 is 0. The number of esters is 1. The van der Waals surface area contributed by atoms with Crippen molar-refractivity contribution in [2.24, 2.45) is 17.8 Å². The van der Waals surface area contributed by atoms with E-state index in [1.165, 1.54) is 14.0 Å². The minimum Gasteiger partial charge on any atom is -0.459 e. The molecular formula is C38H72N2O12. The Hall–Kier alpha value is -1.01. The normalized spacial score (nSPS) is 49.6. The Morgan fingerprint density at radius 2 is 1.56 bits per heavy atom. The molecule has 0 amide bonds. The smallest absolute Gasteiger partial charge is 0.311 e. The van der Waals surface area contributed by atoms with Gasteiger partial charge in [-0.1, -0.05) is 20.8 Å². The fraction of sp³-hybridized carbons (Fsp3) is 0.974. The van der Waals surface area contributed by atoms with Crippen LogP contribution in [0.2, 0.25) is 0 Å². The Balaban J connectivity index is 2.17. The number of likely N-dealkylation sites (N-methyl/N-ethyl adjacent to an activating group) is 2. The van der Waals surface area contributed by atoms with Crippen molar-refractivity contribution in [1.82, 2.24) is 9.80 Å². The molecule has 3 rings (SSSR count). The van der Waals surface area contributed by atoms with Crippen LogP contribution in [0.4, 0.5) is 0 Å². The molecule has 0 aromatic rings. The van der Waals surface area contributed by atoms with E-state index >= 15 is 0 Å². The highest BCUT2D eigenvalue weighted by molar-refractivity contribution is 5.73. The zero-order valence-corrected chi connectivity index (χ0v) is 34.2. The molecule has 0 radical (unpaired) electrons. The number of methoxy groups -OCH3 is 1. The largest absolute Gasteiger partial charge is 0.459 e. The third-order valence-electron chi connectivity index (χ3n) is 12.2. The van der Waals surface area contributed by atoms with Crippen LogP contribution in [-0.2, 0) is 33.2 Å². The molecule has 3 heterocycles. The van der Waals surface area contributed by atoms with Gasteiger partial charge in [-0.3, -0.25) is 4.79 Å². The molecule has 3 saturated heterocycles. The third kappa shape index (κ3) is 10.0. The monoisotopic (exact) mass is 749 g/mol. The van der Waals surface area contributed by atoms with Crippen molar-refractivity contribution in [3.05, 3.63) is 0 Å². The van der Waals surface area contributed by atoms with E-state index in [0.717, 1.165) is 0 Å².